The van der Waals surface area contributed by atoms with Gasteiger partial charge in [-0.05, 0) is 27.8 Å². The number of nitrogens with one attached hydrogen (secondary N) is 1. The summed E-state index contributed by atoms with van der Waals surface area (Å²) < 4.78 is 32.1. The molecule has 0 spiro atoms. The molecular weight excluding hydrogens is 420 g/mol. The molecule has 1 amide bonds. The Labute approximate surface area is 178 Å². The maximum Gasteiger partial charge on any atom is 0.407 e. The van der Waals surface area contributed by atoms with Gasteiger partial charge in [0.1, 0.15) is 12.9 Å². The molecule has 1 aliphatic carbocycles. The number of hydrogen-bond acceptors (Lipinski definition) is 5. The molecule has 11 heteroatoms. The van der Waals surface area contributed by atoms with Crippen molar-refractivity contribution in [2.45, 2.75) is 12.3 Å². The number of azide groups is 1. The number of nitrogens with zero attached hydrogens (tertiary/aromatic N) is 5. The van der Waals surface area contributed by atoms with E-state index >= 15 is 0 Å². The number of fused-ring (bicyclic) bond motifs is 3. The van der Waals surface area contributed by atoms with Gasteiger partial charge >= 0.3 is 16.3 Å². The first-order valence-corrected chi connectivity index (χ1v) is 10.8. The van der Waals surface area contributed by atoms with Gasteiger partial charge in [-0.15, -0.1) is 0 Å². The van der Waals surface area contributed by atoms with Crippen molar-refractivity contribution in [2.75, 3.05) is 13.2 Å². The number of hydrogen-bond donors (Lipinski definition) is 1. The van der Waals surface area contributed by atoms with Crippen LogP contribution in [0.2, 0.25) is 0 Å². The molecule has 1 N–H and O–H groups in total. The smallest absolute Gasteiger partial charge is 0.407 e. The zero-order chi connectivity index (χ0) is 21.8. The van der Waals surface area contributed by atoms with Gasteiger partial charge in [0.15, 0.2) is 0 Å². The molecule has 10 nitrogen and oxygen atoms in total. The second kappa shape index (κ2) is 8.50. The first-order chi connectivity index (χ1) is 15.0. The standard InChI is InChI=1S/C20H18N6O4S/c21-24-25-31(28,29)26-11-14(23-13-26)9-10-22-20(27)30-12-19-17-7-3-1-5-15(17)16-6-2-4-8-18(16)19/h1-8,11,13,19H,9-10,12H2,(H,22,27). The van der Waals surface area contributed by atoms with Crippen molar-refractivity contribution >= 4 is 16.3 Å². The number of carbonyl (C=O) groups is 1. The van der Waals surface area contributed by atoms with E-state index in [2.05, 4.69) is 31.9 Å². The van der Waals surface area contributed by atoms with Crippen molar-refractivity contribution < 1.29 is 17.9 Å². The molecule has 1 aromatic heterocycles. The van der Waals surface area contributed by atoms with Crippen molar-refractivity contribution in [3.63, 3.8) is 0 Å². The van der Waals surface area contributed by atoms with Crippen LogP contribution in [0.25, 0.3) is 21.6 Å². The van der Waals surface area contributed by atoms with Crippen molar-refractivity contribution in [3.8, 4) is 11.1 Å². The Hall–Kier alpha value is -3.82. The highest BCUT2D eigenvalue weighted by Crippen LogP contribution is 2.44. The van der Waals surface area contributed by atoms with Gasteiger partial charge in [0, 0.05) is 30.0 Å². The lowest BCUT2D eigenvalue weighted by molar-refractivity contribution is 0.143. The lowest BCUT2D eigenvalue weighted by atomic mass is 9.98. The second-order valence-electron chi connectivity index (χ2n) is 6.85. The molecule has 0 fully saturated rings. The fourth-order valence-electron chi connectivity index (χ4n) is 3.63. The van der Waals surface area contributed by atoms with Gasteiger partial charge in [-0.3, -0.25) is 0 Å². The van der Waals surface area contributed by atoms with Crippen LogP contribution in [-0.2, 0) is 21.4 Å². The summed E-state index contributed by atoms with van der Waals surface area (Å²) in [7, 11) is -4.15. The summed E-state index contributed by atoms with van der Waals surface area (Å²) in [5, 5.41) is 2.63. The summed E-state index contributed by atoms with van der Waals surface area (Å²) in [6.07, 6.45) is 1.97. The molecule has 1 aliphatic rings. The Kier molecular flexibility index (Phi) is 5.61. The van der Waals surface area contributed by atoms with Crippen LogP contribution in [0, 0.1) is 0 Å². The van der Waals surface area contributed by atoms with E-state index in [1.807, 2.05) is 36.4 Å². The topological polar surface area (TPSA) is 139 Å². The van der Waals surface area contributed by atoms with Crippen LogP contribution in [0.3, 0.4) is 0 Å². The average molecular weight is 438 g/mol. The summed E-state index contributed by atoms with van der Waals surface area (Å²) in [5.41, 5.74) is 13.3. The fourth-order valence-corrected chi connectivity index (χ4v) is 4.23. The first kappa shape index (κ1) is 20.5. The Morgan fingerprint density at radius 3 is 2.45 bits per heavy atom. The summed E-state index contributed by atoms with van der Waals surface area (Å²) in [6.45, 7) is 0.411. The van der Waals surface area contributed by atoms with Crippen molar-refractivity contribution in [2.24, 2.45) is 4.52 Å². The third-order valence-corrected chi connectivity index (χ3v) is 6.03. The Bertz CT molecular complexity index is 1230. The van der Waals surface area contributed by atoms with Crippen LogP contribution in [-0.4, -0.2) is 36.6 Å². The molecule has 0 aliphatic heterocycles. The van der Waals surface area contributed by atoms with E-state index in [9.17, 15) is 13.2 Å². The quantitative estimate of drug-likeness (QED) is 0.342. The van der Waals surface area contributed by atoms with E-state index in [-0.39, 0.29) is 25.5 Å². The molecule has 0 unspecified atom stereocenters. The highest BCUT2D eigenvalue weighted by Gasteiger charge is 2.28. The normalized spacial score (nSPS) is 12.5. The molecule has 0 atom stereocenters. The van der Waals surface area contributed by atoms with Crippen LogP contribution in [0.1, 0.15) is 22.7 Å². The number of carbonyl (C=O) groups excluding carboxylic acids is 1. The van der Waals surface area contributed by atoms with E-state index in [1.54, 1.807) is 0 Å². The van der Waals surface area contributed by atoms with Crippen LogP contribution >= 0.6 is 0 Å². The van der Waals surface area contributed by atoms with Gasteiger partial charge in [0.05, 0.1) is 10.2 Å². The lowest BCUT2D eigenvalue weighted by Crippen LogP contribution is -2.28. The molecule has 2 aromatic carbocycles. The molecule has 1 heterocycles. The monoisotopic (exact) mass is 438 g/mol. The maximum atomic E-state index is 12.2. The molecule has 158 valence electrons. The third-order valence-electron chi connectivity index (χ3n) is 5.01. The number of benzene rings is 2. The Balaban J connectivity index is 1.32. The molecule has 0 radical (unpaired) electrons. The third kappa shape index (κ3) is 4.23. The van der Waals surface area contributed by atoms with Crippen molar-refractivity contribution in [1.82, 2.24) is 14.3 Å². The van der Waals surface area contributed by atoms with E-state index in [0.29, 0.717) is 5.69 Å². The minimum atomic E-state index is -4.15. The average Bonchev–Trinajstić information content (AvgIpc) is 3.36. The first-order valence-electron chi connectivity index (χ1n) is 9.43. The highest BCUT2D eigenvalue weighted by atomic mass is 32.2. The van der Waals surface area contributed by atoms with Gasteiger partial charge in [-0.1, -0.05) is 48.5 Å². The maximum absolute atomic E-state index is 12.2. The predicted octanol–water partition coefficient (Wildman–Crippen LogP) is 3.37. The zero-order valence-electron chi connectivity index (χ0n) is 16.2. The predicted molar refractivity (Wildman–Crippen MR) is 112 cm³/mol. The minimum absolute atomic E-state index is 0.0280. The summed E-state index contributed by atoms with van der Waals surface area (Å²) in [4.78, 5) is 18.4. The van der Waals surface area contributed by atoms with Gasteiger partial charge in [-0.25, -0.2) is 13.8 Å². The van der Waals surface area contributed by atoms with E-state index in [0.717, 1.165) is 32.6 Å². The van der Waals surface area contributed by atoms with Crippen LogP contribution in [0.4, 0.5) is 4.79 Å². The van der Waals surface area contributed by atoms with E-state index < -0.39 is 16.3 Å². The van der Waals surface area contributed by atoms with Gasteiger partial charge in [0.25, 0.3) is 0 Å². The van der Waals surface area contributed by atoms with E-state index in [1.165, 1.54) is 6.20 Å². The van der Waals surface area contributed by atoms with Crippen LogP contribution in [0.15, 0.2) is 65.6 Å². The Morgan fingerprint density at radius 1 is 1.16 bits per heavy atom. The van der Waals surface area contributed by atoms with Gasteiger partial charge in [-0.2, -0.15) is 8.42 Å². The summed E-state index contributed by atoms with van der Waals surface area (Å²) in [5.74, 6) is -0.0280. The number of aromatic nitrogens is 2. The van der Waals surface area contributed by atoms with E-state index in [4.69, 9.17) is 10.3 Å². The number of imidazole rings is 1. The highest BCUT2D eigenvalue weighted by molar-refractivity contribution is 7.88. The number of amides is 1. The van der Waals surface area contributed by atoms with Crippen LogP contribution < -0.4 is 5.32 Å². The largest absolute Gasteiger partial charge is 0.449 e. The van der Waals surface area contributed by atoms with Crippen molar-refractivity contribution in [1.29, 1.82) is 0 Å². The van der Waals surface area contributed by atoms with Crippen molar-refractivity contribution in [3.05, 3.63) is 88.3 Å². The summed E-state index contributed by atoms with van der Waals surface area (Å²) in [6, 6.07) is 16.1. The fraction of sp³-hybridized carbons (Fsp3) is 0.200. The number of rotatable bonds is 7. The zero-order valence-corrected chi connectivity index (χ0v) is 17.1. The molecule has 4 rings (SSSR count). The SMILES string of the molecule is [N-]=[N+]=NS(=O)(=O)n1cnc(CCNC(=O)OCC2c3ccccc3-c3ccccc32)c1. The molecule has 3 aromatic rings. The molecular formula is C20H18N6O4S. The van der Waals surface area contributed by atoms with Gasteiger partial charge in [0.2, 0.25) is 0 Å². The number of ether oxygens (including phenoxy) is 1. The minimum Gasteiger partial charge on any atom is -0.449 e. The Morgan fingerprint density at radius 2 is 1.81 bits per heavy atom. The number of alkyl carbamates (subject to hydrolysis) is 1. The molecule has 0 saturated carbocycles. The van der Waals surface area contributed by atoms with Crippen LogP contribution in [0.5, 0.6) is 0 Å². The lowest BCUT2D eigenvalue weighted by Gasteiger charge is -2.14. The molecule has 0 bridgehead atoms. The second-order valence-corrected chi connectivity index (χ2v) is 8.33. The summed E-state index contributed by atoms with van der Waals surface area (Å²) >= 11 is 0. The molecule has 0 saturated heterocycles. The molecule has 31 heavy (non-hydrogen) atoms. The van der Waals surface area contributed by atoms with Gasteiger partial charge < -0.3 is 10.1 Å².